The fourth-order valence-corrected chi connectivity index (χ4v) is 6.95. The fraction of sp³-hybridized carbons (Fsp3) is 0.149. The molecule has 10 nitrogen and oxygen atoms in total. The molecule has 0 saturated heterocycles. The Labute approximate surface area is 331 Å². The monoisotopic (exact) mass is 750 g/mol. The van der Waals surface area contributed by atoms with E-state index in [0.29, 0.717) is 0 Å². The Hall–Kier alpha value is -7.20. The standard InChI is InChI=1S/2C23H21N5.CH4/c1-14-4-7-19-17(10-14)12-20(26-19)21-13-24-23-9-8-22(27-28(21)23)25-18-6-5-15(2)16(3)11-18;1-14-4-6-17-12-20(26-19(17)10-14)21-13-24-23-9-8-22(27-28(21)23)25-18-7-5-15(2)16(3)11-18;/h2*4-13,26H,1-3H3,(H,25,27);1H4. The normalized spacial score (nSPS) is 11.2. The van der Waals surface area contributed by atoms with Gasteiger partial charge in [0.05, 0.1) is 23.8 Å². The van der Waals surface area contributed by atoms with E-state index >= 15 is 0 Å². The van der Waals surface area contributed by atoms with Crippen molar-refractivity contribution in [2.45, 2.75) is 49.0 Å². The second-order valence-electron chi connectivity index (χ2n) is 14.7. The molecule has 4 N–H and O–H groups in total. The minimum atomic E-state index is 0. The Balaban J connectivity index is 0.000000157. The molecule has 0 fully saturated rings. The van der Waals surface area contributed by atoms with E-state index < -0.39 is 0 Å². The first-order valence-electron chi connectivity index (χ1n) is 18.7. The van der Waals surface area contributed by atoms with Crippen molar-refractivity contribution >= 4 is 56.1 Å². The molecule has 0 unspecified atom stereocenters. The Bertz CT molecular complexity index is 2860. The first-order valence-corrected chi connectivity index (χ1v) is 18.7. The van der Waals surface area contributed by atoms with Gasteiger partial charge >= 0.3 is 0 Å². The van der Waals surface area contributed by atoms with E-state index in [4.69, 9.17) is 10.2 Å². The first-order chi connectivity index (χ1) is 27.1. The van der Waals surface area contributed by atoms with Crippen LogP contribution in [0.5, 0.6) is 0 Å². The average molecular weight is 751 g/mol. The van der Waals surface area contributed by atoms with Gasteiger partial charge in [-0.3, -0.25) is 0 Å². The number of rotatable bonds is 6. The lowest BCUT2D eigenvalue weighted by Crippen LogP contribution is -2.00. The molecule has 0 spiro atoms. The Morgan fingerprint density at radius 1 is 0.456 bits per heavy atom. The zero-order valence-corrected chi connectivity index (χ0v) is 32.2. The molecule has 0 aliphatic heterocycles. The number of nitrogens with one attached hydrogen (secondary N) is 4. The number of imidazole rings is 2. The summed E-state index contributed by atoms with van der Waals surface area (Å²) in [4.78, 5) is 16.0. The van der Waals surface area contributed by atoms with Crippen LogP contribution in [0.2, 0.25) is 0 Å². The van der Waals surface area contributed by atoms with Crippen molar-refractivity contribution < 1.29 is 0 Å². The molecule has 0 amide bonds. The number of anilines is 4. The predicted molar refractivity (Wildman–Crippen MR) is 235 cm³/mol. The topological polar surface area (TPSA) is 116 Å². The van der Waals surface area contributed by atoms with Crippen molar-refractivity contribution in [2.24, 2.45) is 0 Å². The predicted octanol–water partition coefficient (Wildman–Crippen LogP) is 11.7. The van der Waals surface area contributed by atoms with Gasteiger partial charge in [0.15, 0.2) is 22.9 Å². The number of nitrogens with zero attached hydrogens (tertiary/aromatic N) is 6. The molecule has 10 rings (SSSR count). The van der Waals surface area contributed by atoms with Gasteiger partial charge in [-0.2, -0.15) is 0 Å². The van der Waals surface area contributed by atoms with Crippen LogP contribution in [0.1, 0.15) is 40.8 Å². The molecule has 0 atom stereocenters. The van der Waals surface area contributed by atoms with Crippen LogP contribution in [-0.4, -0.2) is 39.2 Å². The number of hydrogen-bond donors (Lipinski definition) is 4. The summed E-state index contributed by atoms with van der Waals surface area (Å²) >= 11 is 0. The van der Waals surface area contributed by atoms with Crippen LogP contribution in [0.4, 0.5) is 23.0 Å². The summed E-state index contributed by atoms with van der Waals surface area (Å²) in [6.45, 7) is 12.7. The van der Waals surface area contributed by atoms with Crippen molar-refractivity contribution in [1.29, 1.82) is 0 Å². The van der Waals surface area contributed by atoms with Crippen molar-refractivity contribution in [1.82, 2.24) is 39.2 Å². The maximum Gasteiger partial charge on any atom is 0.154 e. The second kappa shape index (κ2) is 14.8. The summed E-state index contributed by atoms with van der Waals surface area (Å²) in [5.74, 6) is 1.56. The van der Waals surface area contributed by atoms with Crippen molar-refractivity contribution in [3.8, 4) is 22.8 Å². The van der Waals surface area contributed by atoms with E-state index in [-0.39, 0.29) is 7.43 Å². The Morgan fingerprint density at radius 2 is 0.965 bits per heavy atom. The van der Waals surface area contributed by atoms with Gasteiger partial charge in [-0.25, -0.2) is 19.0 Å². The molecule has 4 aromatic carbocycles. The van der Waals surface area contributed by atoms with Gasteiger partial charge in [-0.05, 0) is 148 Å². The third-order valence-electron chi connectivity index (χ3n) is 10.4. The smallest absolute Gasteiger partial charge is 0.154 e. The molecular formula is C47H46N10. The van der Waals surface area contributed by atoms with Crippen LogP contribution in [0.15, 0.2) is 122 Å². The number of aromatic amines is 2. The molecule has 10 aromatic rings. The number of aryl methyl sites for hydroxylation is 6. The summed E-state index contributed by atoms with van der Waals surface area (Å²) in [6, 6.07) is 37.6. The average Bonchev–Trinajstić information content (AvgIpc) is 3.99. The maximum atomic E-state index is 4.77. The molecular weight excluding hydrogens is 705 g/mol. The lowest BCUT2D eigenvalue weighted by atomic mass is 10.1. The van der Waals surface area contributed by atoms with Crippen LogP contribution < -0.4 is 10.6 Å². The van der Waals surface area contributed by atoms with E-state index in [1.165, 1.54) is 44.2 Å². The maximum absolute atomic E-state index is 4.77. The summed E-state index contributed by atoms with van der Waals surface area (Å²) in [5, 5.41) is 18.7. The second-order valence-corrected chi connectivity index (χ2v) is 14.7. The van der Waals surface area contributed by atoms with E-state index in [1.54, 1.807) is 0 Å². The minimum Gasteiger partial charge on any atom is -0.353 e. The zero-order valence-electron chi connectivity index (χ0n) is 32.2. The van der Waals surface area contributed by atoms with Gasteiger partial charge in [-0.15, -0.1) is 10.2 Å². The first kappa shape index (κ1) is 36.8. The van der Waals surface area contributed by atoms with Gasteiger partial charge in [-0.1, -0.05) is 43.3 Å². The highest BCUT2D eigenvalue weighted by Crippen LogP contribution is 2.28. The number of benzene rings is 4. The molecule has 6 heterocycles. The molecule has 0 radical (unpaired) electrons. The molecule has 0 aliphatic rings. The third-order valence-corrected chi connectivity index (χ3v) is 10.4. The number of fused-ring (bicyclic) bond motifs is 4. The van der Waals surface area contributed by atoms with Crippen LogP contribution >= 0.6 is 0 Å². The van der Waals surface area contributed by atoms with Crippen molar-refractivity contribution in [3.63, 3.8) is 0 Å². The number of H-pyrrole nitrogens is 2. The van der Waals surface area contributed by atoms with Gasteiger partial charge < -0.3 is 20.6 Å². The zero-order chi connectivity index (χ0) is 38.5. The minimum absolute atomic E-state index is 0. The third kappa shape index (κ3) is 7.32. The van der Waals surface area contributed by atoms with Crippen LogP contribution in [0.25, 0.3) is 55.9 Å². The van der Waals surface area contributed by atoms with Gasteiger partial charge in [0, 0.05) is 33.2 Å². The van der Waals surface area contributed by atoms with Crippen molar-refractivity contribution in [3.05, 3.63) is 155 Å². The van der Waals surface area contributed by atoms with E-state index in [0.717, 1.165) is 68.1 Å². The molecule has 10 heteroatoms. The summed E-state index contributed by atoms with van der Waals surface area (Å²) < 4.78 is 3.75. The highest BCUT2D eigenvalue weighted by Gasteiger charge is 2.13. The van der Waals surface area contributed by atoms with Crippen LogP contribution in [-0.2, 0) is 0 Å². The number of aromatic nitrogens is 8. The summed E-state index contributed by atoms with van der Waals surface area (Å²) in [7, 11) is 0. The van der Waals surface area contributed by atoms with Crippen molar-refractivity contribution in [2.75, 3.05) is 10.6 Å². The lowest BCUT2D eigenvalue weighted by molar-refractivity contribution is 0.945. The van der Waals surface area contributed by atoms with Crippen LogP contribution in [0, 0.1) is 41.5 Å². The summed E-state index contributed by atoms with van der Waals surface area (Å²) in [5.41, 5.74) is 17.3. The van der Waals surface area contributed by atoms with E-state index in [9.17, 15) is 0 Å². The van der Waals surface area contributed by atoms with E-state index in [2.05, 4.69) is 157 Å². The lowest BCUT2D eigenvalue weighted by Gasteiger charge is -2.09. The van der Waals surface area contributed by atoms with Crippen LogP contribution in [0.3, 0.4) is 0 Å². The SMILES string of the molecule is C.Cc1ccc2[nH]c(-c3cnc4ccc(Nc5ccc(C)c(C)c5)nn34)cc2c1.Cc1ccc2cc(-c3cnc4ccc(Nc5ccc(C)c(C)c5)nn34)[nH]c2c1. The summed E-state index contributed by atoms with van der Waals surface area (Å²) in [6.07, 6.45) is 3.72. The number of hydrogen-bond acceptors (Lipinski definition) is 6. The molecule has 0 bridgehead atoms. The molecule has 284 valence electrons. The molecule has 0 saturated carbocycles. The molecule has 57 heavy (non-hydrogen) atoms. The van der Waals surface area contributed by atoms with E-state index in [1.807, 2.05) is 45.7 Å². The van der Waals surface area contributed by atoms with Gasteiger partial charge in [0.2, 0.25) is 0 Å². The fourth-order valence-electron chi connectivity index (χ4n) is 6.95. The quantitative estimate of drug-likeness (QED) is 0.134. The largest absolute Gasteiger partial charge is 0.353 e. The Morgan fingerprint density at radius 3 is 1.53 bits per heavy atom. The van der Waals surface area contributed by atoms with Gasteiger partial charge in [0.1, 0.15) is 11.4 Å². The molecule has 6 aromatic heterocycles. The molecule has 0 aliphatic carbocycles. The Kier molecular flexibility index (Phi) is 9.54. The highest BCUT2D eigenvalue weighted by atomic mass is 15.3. The van der Waals surface area contributed by atoms with Gasteiger partial charge in [0.25, 0.3) is 0 Å². The highest BCUT2D eigenvalue weighted by molar-refractivity contribution is 5.87.